The summed E-state index contributed by atoms with van der Waals surface area (Å²) in [6.45, 7) is 10.1. The number of imidazole rings is 1. The fourth-order valence-electron chi connectivity index (χ4n) is 5.09. The highest BCUT2D eigenvalue weighted by molar-refractivity contribution is 5.76. The molecule has 2 aromatic rings. The molecule has 1 aliphatic carbocycles. The Morgan fingerprint density at radius 1 is 1.34 bits per heavy atom. The summed E-state index contributed by atoms with van der Waals surface area (Å²) in [6.07, 6.45) is 4.40. The van der Waals surface area contributed by atoms with Crippen LogP contribution in [0.3, 0.4) is 0 Å². The third-order valence-corrected chi connectivity index (χ3v) is 7.05. The largest absolute Gasteiger partial charge is 0.497 e. The van der Waals surface area contributed by atoms with Crippen LogP contribution in [0.5, 0.6) is 5.75 Å². The molecule has 0 radical (unpaired) electrons. The number of amides is 2. The number of aromatic amines is 1. The van der Waals surface area contributed by atoms with Crippen molar-refractivity contribution in [2.75, 3.05) is 40.0 Å². The van der Waals surface area contributed by atoms with Crippen molar-refractivity contribution in [3.63, 3.8) is 0 Å². The highest BCUT2D eigenvalue weighted by Crippen LogP contribution is 2.38. The van der Waals surface area contributed by atoms with Crippen LogP contribution in [0, 0.1) is 23.7 Å². The second-order valence-corrected chi connectivity index (χ2v) is 9.47. The number of fused-ring (bicyclic) bond motifs is 1. The Kier molecular flexibility index (Phi) is 7.04. The summed E-state index contributed by atoms with van der Waals surface area (Å²) < 4.78 is 10.7. The molecule has 3 atom stereocenters. The molecule has 0 saturated carbocycles. The molecule has 1 aromatic heterocycles. The van der Waals surface area contributed by atoms with Crippen LogP contribution in [0.1, 0.15) is 33.0 Å². The smallest absolute Gasteiger partial charge is 0.317 e. The highest BCUT2D eigenvalue weighted by atomic mass is 16.5. The number of nitrogens with zero attached hydrogens (tertiary/aromatic N) is 2. The standard InChI is InChI=1S/C25H36N4O3/c1-16(2)21-12-18(13-24-27-22-6-5-20(31-4)14-23(22)28-24)17(3)11-19(21)15-26-25(30)29-7-9-32-10-8-29/h5-6,11,14,16,18-19,21H,7-10,12-13,15H2,1-4H3,(H,26,30)(H,27,28). The molecule has 4 rings (SSSR count). The van der Waals surface area contributed by atoms with Crippen LogP contribution in [0.2, 0.25) is 0 Å². The molecule has 174 valence electrons. The van der Waals surface area contributed by atoms with E-state index in [1.54, 1.807) is 7.11 Å². The molecule has 2 amide bonds. The Morgan fingerprint density at radius 2 is 2.12 bits per heavy atom. The van der Waals surface area contributed by atoms with Gasteiger partial charge in [-0.05, 0) is 49.1 Å². The number of morpholine rings is 1. The summed E-state index contributed by atoms with van der Waals surface area (Å²) >= 11 is 0. The molecule has 32 heavy (non-hydrogen) atoms. The molecule has 1 saturated heterocycles. The van der Waals surface area contributed by atoms with Crippen LogP contribution in [0.4, 0.5) is 4.79 Å². The summed E-state index contributed by atoms with van der Waals surface area (Å²) in [5, 5.41) is 3.18. The van der Waals surface area contributed by atoms with Crippen molar-refractivity contribution < 1.29 is 14.3 Å². The minimum atomic E-state index is 0.0293. The van der Waals surface area contributed by atoms with Crippen molar-refractivity contribution in [2.45, 2.75) is 33.6 Å². The molecular formula is C25H36N4O3. The van der Waals surface area contributed by atoms with E-state index in [2.05, 4.69) is 37.1 Å². The van der Waals surface area contributed by atoms with E-state index in [0.29, 0.717) is 56.5 Å². The fraction of sp³-hybridized carbons (Fsp3) is 0.600. The van der Waals surface area contributed by atoms with Crippen molar-refractivity contribution in [3.05, 3.63) is 35.7 Å². The minimum absolute atomic E-state index is 0.0293. The van der Waals surface area contributed by atoms with Gasteiger partial charge in [-0.3, -0.25) is 0 Å². The Labute approximate surface area is 190 Å². The van der Waals surface area contributed by atoms with E-state index >= 15 is 0 Å². The topological polar surface area (TPSA) is 79.5 Å². The lowest BCUT2D eigenvalue weighted by atomic mass is 9.70. The van der Waals surface area contributed by atoms with Gasteiger partial charge in [-0.15, -0.1) is 0 Å². The van der Waals surface area contributed by atoms with E-state index in [-0.39, 0.29) is 6.03 Å². The predicted octanol–water partition coefficient (Wildman–Crippen LogP) is 4.01. The SMILES string of the molecule is COc1ccc2nc(CC3CC(C(C)C)C(CNC(=O)N4CCOCC4)C=C3C)[nH]c2c1. The van der Waals surface area contributed by atoms with Crippen LogP contribution < -0.4 is 10.1 Å². The molecular weight excluding hydrogens is 404 g/mol. The summed E-state index contributed by atoms with van der Waals surface area (Å²) in [4.78, 5) is 22.7. The number of hydrogen-bond acceptors (Lipinski definition) is 4. The lowest BCUT2D eigenvalue weighted by Crippen LogP contribution is -2.48. The molecule has 7 nitrogen and oxygen atoms in total. The number of carbonyl (C=O) groups is 1. The van der Waals surface area contributed by atoms with Crippen molar-refractivity contribution in [3.8, 4) is 5.75 Å². The second-order valence-electron chi connectivity index (χ2n) is 9.47. The van der Waals surface area contributed by atoms with Gasteiger partial charge in [-0.2, -0.15) is 0 Å². The van der Waals surface area contributed by atoms with E-state index in [4.69, 9.17) is 14.5 Å². The van der Waals surface area contributed by atoms with Crippen LogP contribution in [-0.4, -0.2) is 60.9 Å². The van der Waals surface area contributed by atoms with Crippen molar-refractivity contribution in [1.82, 2.24) is 20.2 Å². The first-order valence-electron chi connectivity index (χ1n) is 11.8. The van der Waals surface area contributed by atoms with Gasteiger partial charge in [-0.1, -0.05) is 25.5 Å². The van der Waals surface area contributed by atoms with Crippen molar-refractivity contribution >= 4 is 17.1 Å². The molecule has 1 aliphatic heterocycles. The summed E-state index contributed by atoms with van der Waals surface area (Å²) in [6, 6.07) is 5.98. The van der Waals surface area contributed by atoms with Gasteiger partial charge in [0, 0.05) is 32.1 Å². The Balaban J connectivity index is 1.43. The number of hydrogen-bond donors (Lipinski definition) is 2. The van der Waals surface area contributed by atoms with Gasteiger partial charge < -0.3 is 24.7 Å². The van der Waals surface area contributed by atoms with Gasteiger partial charge in [0.05, 0.1) is 31.4 Å². The number of nitrogens with one attached hydrogen (secondary N) is 2. The molecule has 1 fully saturated rings. The Morgan fingerprint density at radius 3 is 2.84 bits per heavy atom. The van der Waals surface area contributed by atoms with E-state index in [9.17, 15) is 4.79 Å². The number of urea groups is 1. The van der Waals surface area contributed by atoms with Gasteiger partial charge in [0.25, 0.3) is 0 Å². The van der Waals surface area contributed by atoms with Gasteiger partial charge >= 0.3 is 6.03 Å². The van der Waals surface area contributed by atoms with Gasteiger partial charge in [0.15, 0.2) is 0 Å². The molecule has 7 heteroatoms. The zero-order chi connectivity index (χ0) is 22.7. The maximum absolute atomic E-state index is 12.6. The maximum Gasteiger partial charge on any atom is 0.317 e. The molecule has 0 spiro atoms. The first-order valence-corrected chi connectivity index (χ1v) is 11.8. The van der Waals surface area contributed by atoms with E-state index in [1.165, 1.54) is 5.57 Å². The lowest BCUT2D eigenvalue weighted by molar-refractivity contribution is 0.0527. The van der Waals surface area contributed by atoms with Crippen LogP contribution >= 0.6 is 0 Å². The van der Waals surface area contributed by atoms with Crippen LogP contribution in [0.15, 0.2) is 29.8 Å². The van der Waals surface area contributed by atoms with Gasteiger partial charge in [-0.25, -0.2) is 9.78 Å². The predicted molar refractivity (Wildman–Crippen MR) is 126 cm³/mol. The van der Waals surface area contributed by atoms with Crippen molar-refractivity contribution in [1.29, 1.82) is 0 Å². The number of benzene rings is 1. The normalized spacial score (nSPS) is 24.0. The van der Waals surface area contributed by atoms with Gasteiger partial charge in [0.2, 0.25) is 0 Å². The van der Waals surface area contributed by atoms with E-state index < -0.39 is 0 Å². The molecule has 2 aliphatic rings. The number of ether oxygens (including phenoxy) is 2. The summed E-state index contributed by atoms with van der Waals surface area (Å²) in [7, 11) is 1.68. The zero-order valence-corrected chi connectivity index (χ0v) is 19.7. The fourth-order valence-corrected chi connectivity index (χ4v) is 5.09. The van der Waals surface area contributed by atoms with E-state index in [0.717, 1.165) is 35.4 Å². The number of rotatable bonds is 6. The summed E-state index contributed by atoms with van der Waals surface area (Å²) in [5.74, 6) is 3.74. The summed E-state index contributed by atoms with van der Waals surface area (Å²) in [5.41, 5.74) is 3.38. The molecule has 2 heterocycles. The lowest BCUT2D eigenvalue weighted by Gasteiger charge is -2.37. The maximum atomic E-state index is 12.6. The molecule has 2 N–H and O–H groups in total. The highest BCUT2D eigenvalue weighted by Gasteiger charge is 2.32. The first kappa shape index (κ1) is 22.6. The minimum Gasteiger partial charge on any atom is -0.497 e. The Hall–Kier alpha value is -2.54. The van der Waals surface area contributed by atoms with Crippen LogP contribution in [-0.2, 0) is 11.2 Å². The average molecular weight is 441 g/mol. The molecule has 3 unspecified atom stereocenters. The number of aromatic nitrogens is 2. The number of carbonyl (C=O) groups excluding carboxylic acids is 1. The zero-order valence-electron chi connectivity index (χ0n) is 19.7. The number of methoxy groups -OCH3 is 1. The third-order valence-electron chi connectivity index (χ3n) is 7.05. The third kappa shape index (κ3) is 5.09. The van der Waals surface area contributed by atoms with Gasteiger partial charge in [0.1, 0.15) is 11.6 Å². The Bertz CT molecular complexity index is 961. The van der Waals surface area contributed by atoms with Crippen LogP contribution in [0.25, 0.3) is 11.0 Å². The monoisotopic (exact) mass is 440 g/mol. The van der Waals surface area contributed by atoms with E-state index in [1.807, 2.05) is 23.1 Å². The molecule has 0 bridgehead atoms. The number of allylic oxidation sites excluding steroid dienone is 1. The molecule has 1 aromatic carbocycles. The number of H-pyrrole nitrogens is 1. The second kappa shape index (κ2) is 9.94. The first-order chi connectivity index (χ1) is 15.4. The quantitative estimate of drug-likeness (QED) is 0.665. The average Bonchev–Trinajstić information content (AvgIpc) is 3.20. The van der Waals surface area contributed by atoms with Crippen molar-refractivity contribution in [2.24, 2.45) is 23.7 Å².